The van der Waals surface area contributed by atoms with Gasteiger partial charge in [0.05, 0.1) is 0 Å². The van der Waals surface area contributed by atoms with E-state index in [-0.39, 0.29) is 11.8 Å². The number of aromatic nitrogens is 2. The minimum absolute atomic E-state index is 0.116. The van der Waals surface area contributed by atoms with Gasteiger partial charge in [-0.2, -0.15) is 0 Å². The molecule has 2 rings (SSSR count). The largest absolute Gasteiger partial charge is 0.383 e. The molecule has 0 bridgehead atoms. The molecule has 0 aliphatic rings. The van der Waals surface area contributed by atoms with E-state index in [0.717, 1.165) is 30.0 Å². The molecule has 0 spiro atoms. The van der Waals surface area contributed by atoms with Gasteiger partial charge in [-0.15, -0.1) is 0 Å². The van der Waals surface area contributed by atoms with Crippen LogP contribution in [-0.4, -0.2) is 40.7 Å². The van der Waals surface area contributed by atoms with Gasteiger partial charge >= 0.3 is 0 Å². The molecule has 0 radical (unpaired) electrons. The van der Waals surface area contributed by atoms with Crippen molar-refractivity contribution < 1.29 is 9.90 Å². The predicted molar refractivity (Wildman–Crippen MR) is 98.1 cm³/mol. The minimum Gasteiger partial charge on any atom is -0.383 e. The van der Waals surface area contributed by atoms with Crippen LogP contribution in [0.25, 0.3) is 0 Å². The number of aliphatic hydroxyl groups excluding tert-OH is 1. The van der Waals surface area contributed by atoms with E-state index in [4.69, 9.17) is 0 Å². The third kappa shape index (κ3) is 5.53. The molecule has 2 aromatic heterocycles. The van der Waals surface area contributed by atoms with Crippen molar-refractivity contribution in [3.05, 3.63) is 54.0 Å². The van der Waals surface area contributed by atoms with Crippen LogP contribution in [0.3, 0.4) is 0 Å². The summed E-state index contributed by atoms with van der Waals surface area (Å²) in [7, 11) is 1.97. The van der Waals surface area contributed by atoms with Gasteiger partial charge in [0.25, 0.3) is 0 Å². The van der Waals surface area contributed by atoms with Gasteiger partial charge in [0, 0.05) is 50.2 Å². The lowest BCUT2D eigenvalue weighted by molar-refractivity contribution is -0.131. The third-order valence-electron chi connectivity index (χ3n) is 4.01. The highest BCUT2D eigenvalue weighted by atomic mass is 16.3. The number of nitrogens with one attached hydrogen (secondary N) is 1. The fraction of sp³-hybridized carbons (Fsp3) is 0.421. The molecule has 134 valence electrons. The molecule has 0 saturated carbocycles. The van der Waals surface area contributed by atoms with Crippen LogP contribution in [0.1, 0.15) is 25.1 Å². The Labute approximate surface area is 148 Å². The SMILES string of the molecule is CC(C)[C@H](O)C(=O)NCc1cccnc1N(C)CCc1ccccn1. The van der Waals surface area contributed by atoms with Gasteiger partial charge in [-0.3, -0.25) is 9.78 Å². The van der Waals surface area contributed by atoms with Crippen molar-refractivity contribution in [1.29, 1.82) is 0 Å². The van der Waals surface area contributed by atoms with Crippen molar-refractivity contribution in [3.63, 3.8) is 0 Å². The Kier molecular flexibility index (Phi) is 6.89. The van der Waals surface area contributed by atoms with Crippen molar-refractivity contribution in [2.45, 2.75) is 32.9 Å². The maximum Gasteiger partial charge on any atom is 0.249 e. The summed E-state index contributed by atoms with van der Waals surface area (Å²) in [4.78, 5) is 22.8. The van der Waals surface area contributed by atoms with Crippen LogP contribution in [0.2, 0.25) is 0 Å². The maximum atomic E-state index is 11.9. The third-order valence-corrected chi connectivity index (χ3v) is 4.01. The van der Waals surface area contributed by atoms with Gasteiger partial charge < -0.3 is 15.3 Å². The summed E-state index contributed by atoms with van der Waals surface area (Å²) in [5, 5.41) is 12.6. The zero-order valence-electron chi connectivity index (χ0n) is 15.0. The highest BCUT2D eigenvalue weighted by molar-refractivity contribution is 5.80. The second-order valence-electron chi connectivity index (χ2n) is 6.39. The smallest absolute Gasteiger partial charge is 0.249 e. The molecular weight excluding hydrogens is 316 g/mol. The lowest BCUT2D eigenvalue weighted by atomic mass is 10.1. The van der Waals surface area contributed by atoms with E-state index < -0.39 is 6.10 Å². The Bertz CT molecular complexity index is 676. The van der Waals surface area contributed by atoms with E-state index in [9.17, 15) is 9.90 Å². The predicted octanol–water partition coefficient (Wildman–Crippen LogP) is 1.79. The summed E-state index contributed by atoms with van der Waals surface area (Å²) < 4.78 is 0. The van der Waals surface area contributed by atoms with Crippen LogP contribution >= 0.6 is 0 Å². The molecule has 1 amide bonds. The monoisotopic (exact) mass is 342 g/mol. The lowest BCUT2D eigenvalue weighted by Gasteiger charge is -2.21. The number of likely N-dealkylation sites (N-methyl/N-ethyl adjacent to an activating group) is 1. The number of anilines is 1. The summed E-state index contributed by atoms with van der Waals surface area (Å²) in [5.41, 5.74) is 1.94. The van der Waals surface area contributed by atoms with Gasteiger partial charge in [0.15, 0.2) is 0 Å². The number of pyridine rings is 2. The molecule has 6 nitrogen and oxygen atoms in total. The molecule has 2 heterocycles. The number of nitrogens with zero attached hydrogens (tertiary/aromatic N) is 3. The lowest BCUT2D eigenvalue weighted by Crippen LogP contribution is -2.37. The Morgan fingerprint density at radius 2 is 1.96 bits per heavy atom. The molecule has 6 heteroatoms. The van der Waals surface area contributed by atoms with E-state index in [0.29, 0.717) is 6.54 Å². The maximum absolute atomic E-state index is 11.9. The highest BCUT2D eigenvalue weighted by Gasteiger charge is 2.19. The fourth-order valence-electron chi connectivity index (χ4n) is 2.44. The van der Waals surface area contributed by atoms with Crippen molar-refractivity contribution >= 4 is 11.7 Å². The number of hydrogen-bond acceptors (Lipinski definition) is 5. The van der Waals surface area contributed by atoms with Crippen LogP contribution in [0.15, 0.2) is 42.7 Å². The molecule has 0 saturated heterocycles. The number of rotatable bonds is 8. The van der Waals surface area contributed by atoms with Crippen LogP contribution in [-0.2, 0) is 17.8 Å². The summed E-state index contributed by atoms with van der Waals surface area (Å²) in [5.74, 6) is 0.341. The molecule has 0 unspecified atom stereocenters. The van der Waals surface area contributed by atoms with Crippen molar-refractivity contribution in [3.8, 4) is 0 Å². The normalized spacial score (nSPS) is 12.0. The fourth-order valence-corrected chi connectivity index (χ4v) is 2.44. The number of carbonyl (C=O) groups is 1. The second kappa shape index (κ2) is 9.13. The van der Waals surface area contributed by atoms with E-state index in [1.54, 1.807) is 12.4 Å². The molecule has 2 aromatic rings. The average molecular weight is 342 g/mol. The van der Waals surface area contributed by atoms with Gasteiger partial charge in [-0.1, -0.05) is 26.0 Å². The molecule has 25 heavy (non-hydrogen) atoms. The summed E-state index contributed by atoms with van der Waals surface area (Å²) in [6.07, 6.45) is 3.34. The Balaban J connectivity index is 1.98. The molecule has 0 aliphatic carbocycles. The zero-order chi connectivity index (χ0) is 18.2. The molecular formula is C19H26N4O2. The number of hydrogen-bond donors (Lipinski definition) is 2. The second-order valence-corrected chi connectivity index (χ2v) is 6.39. The highest BCUT2D eigenvalue weighted by Crippen LogP contribution is 2.16. The van der Waals surface area contributed by atoms with E-state index >= 15 is 0 Å². The summed E-state index contributed by atoms with van der Waals surface area (Å²) in [6, 6.07) is 9.65. The first-order valence-corrected chi connectivity index (χ1v) is 8.49. The van der Waals surface area contributed by atoms with Crippen molar-refractivity contribution in [2.24, 2.45) is 5.92 Å². The minimum atomic E-state index is -0.998. The van der Waals surface area contributed by atoms with Crippen LogP contribution in [0.4, 0.5) is 5.82 Å². The van der Waals surface area contributed by atoms with E-state index in [2.05, 4.69) is 20.2 Å². The Morgan fingerprint density at radius 3 is 2.64 bits per heavy atom. The van der Waals surface area contributed by atoms with Gasteiger partial charge in [-0.05, 0) is 24.1 Å². The molecule has 0 fully saturated rings. The quantitative estimate of drug-likeness (QED) is 0.765. The zero-order valence-corrected chi connectivity index (χ0v) is 15.0. The van der Waals surface area contributed by atoms with Crippen molar-refractivity contribution in [1.82, 2.24) is 15.3 Å². The molecule has 2 N–H and O–H groups in total. The first-order chi connectivity index (χ1) is 12.0. The standard InChI is InChI=1S/C19H26N4O2/c1-14(2)17(24)19(25)22-13-15-7-6-11-21-18(15)23(3)12-9-16-8-4-5-10-20-16/h4-8,10-11,14,17,24H,9,12-13H2,1-3H3,(H,22,25)/t17-/m0/s1. The Morgan fingerprint density at radius 1 is 1.20 bits per heavy atom. The van der Waals surface area contributed by atoms with E-state index in [1.807, 2.05) is 51.2 Å². The van der Waals surface area contributed by atoms with Gasteiger partial charge in [0.2, 0.25) is 5.91 Å². The molecule has 1 atom stereocenters. The van der Waals surface area contributed by atoms with Gasteiger partial charge in [-0.25, -0.2) is 4.98 Å². The average Bonchev–Trinajstić information content (AvgIpc) is 2.64. The summed E-state index contributed by atoms with van der Waals surface area (Å²) >= 11 is 0. The summed E-state index contributed by atoms with van der Waals surface area (Å²) in [6.45, 7) is 4.72. The van der Waals surface area contributed by atoms with Crippen LogP contribution in [0.5, 0.6) is 0 Å². The number of aliphatic hydroxyl groups is 1. The topological polar surface area (TPSA) is 78.3 Å². The van der Waals surface area contributed by atoms with Gasteiger partial charge in [0.1, 0.15) is 11.9 Å². The molecule has 0 aliphatic heterocycles. The Hall–Kier alpha value is -2.47. The van der Waals surface area contributed by atoms with Crippen molar-refractivity contribution in [2.75, 3.05) is 18.5 Å². The first-order valence-electron chi connectivity index (χ1n) is 8.49. The number of amides is 1. The first kappa shape index (κ1) is 18.9. The molecule has 0 aromatic carbocycles. The van der Waals surface area contributed by atoms with Crippen LogP contribution in [0, 0.1) is 5.92 Å². The van der Waals surface area contributed by atoms with E-state index in [1.165, 1.54) is 0 Å². The number of carbonyl (C=O) groups excluding carboxylic acids is 1. The van der Waals surface area contributed by atoms with Crippen LogP contribution < -0.4 is 10.2 Å².